The van der Waals surface area contributed by atoms with Gasteiger partial charge in [0.25, 0.3) is 0 Å². The van der Waals surface area contributed by atoms with Gasteiger partial charge in [-0.1, -0.05) is 13.8 Å². The number of hydrogen-bond donors (Lipinski definition) is 1. The van der Waals surface area contributed by atoms with Crippen LogP contribution < -0.4 is 10.2 Å². The van der Waals surface area contributed by atoms with Gasteiger partial charge in [-0.05, 0) is 6.07 Å². The van der Waals surface area contributed by atoms with E-state index in [0.29, 0.717) is 5.95 Å². The molecule has 0 spiro atoms. The molecule has 142 valence electrons. The standard InChI is InChI=1S/C20H27N7/c1-5-6-9-26-12-19(2)14-27(15-20(19,3)13-26)17-7-8-21-18(24-17)23-16-10-22-25(4)11-16/h1,7-8,10-11H,6,9,12-15H2,2-4H3,(H,21,23,24)/t19-,20+. The van der Waals surface area contributed by atoms with Crippen molar-refractivity contribution in [1.29, 1.82) is 0 Å². The van der Waals surface area contributed by atoms with Crippen LogP contribution in [0.15, 0.2) is 24.7 Å². The summed E-state index contributed by atoms with van der Waals surface area (Å²) >= 11 is 0. The molecule has 27 heavy (non-hydrogen) atoms. The van der Waals surface area contributed by atoms with E-state index >= 15 is 0 Å². The van der Waals surface area contributed by atoms with E-state index in [1.165, 1.54) is 0 Å². The fourth-order valence-electron chi connectivity index (χ4n) is 4.55. The number of terminal acetylenes is 1. The number of likely N-dealkylation sites (tertiary alicyclic amines) is 1. The van der Waals surface area contributed by atoms with Crippen LogP contribution in [0.2, 0.25) is 0 Å². The van der Waals surface area contributed by atoms with Crippen molar-refractivity contribution in [3.8, 4) is 12.3 Å². The first kappa shape index (κ1) is 17.8. The lowest BCUT2D eigenvalue weighted by Gasteiger charge is -2.30. The zero-order chi connectivity index (χ0) is 19.1. The predicted molar refractivity (Wildman–Crippen MR) is 107 cm³/mol. The molecule has 0 bridgehead atoms. The molecule has 0 saturated carbocycles. The molecular formula is C20H27N7. The summed E-state index contributed by atoms with van der Waals surface area (Å²) in [6.45, 7) is 9.98. The van der Waals surface area contributed by atoms with Crippen molar-refractivity contribution < 1.29 is 0 Å². The van der Waals surface area contributed by atoms with Crippen LogP contribution in [-0.2, 0) is 7.05 Å². The molecule has 1 N–H and O–H groups in total. The van der Waals surface area contributed by atoms with Gasteiger partial charge in [0, 0.05) is 69.4 Å². The van der Waals surface area contributed by atoms with Crippen molar-refractivity contribution in [3.05, 3.63) is 24.7 Å². The smallest absolute Gasteiger partial charge is 0.229 e. The van der Waals surface area contributed by atoms with Gasteiger partial charge in [0.2, 0.25) is 5.95 Å². The van der Waals surface area contributed by atoms with E-state index in [1.807, 2.05) is 25.5 Å². The number of anilines is 3. The first-order valence-corrected chi connectivity index (χ1v) is 9.40. The van der Waals surface area contributed by atoms with E-state index in [9.17, 15) is 0 Å². The number of aromatic nitrogens is 4. The fraction of sp³-hybridized carbons (Fsp3) is 0.550. The molecular weight excluding hydrogens is 338 g/mol. The Morgan fingerprint density at radius 1 is 1.22 bits per heavy atom. The maximum absolute atomic E-state index is 5.45. The van der Waals surface area contributed by atoms with E-state index < -0.39 is 0 Å². The van der Waals surface area contributed by atoms with Crippen LogP contribution in [0.5, 0.6) is 0 Å². The monoisotopic (exact) mass is 365 g/mol. The summed E-state index contributed by atoms with van der Waals surface area (Å²) in [5, 5.41) is 7.40. The van der Waals surface area contributed by atoms with Crippen LogP contribution in [0.4, 0.5) is 17.5 Å². The van der Waals surface area contributed by atoms with Gasteiger partial charge in [-0.2, -0.15) is 10.1 Å². The lowest BCUT2D eigenvalue weighted by molar-refractivity contribution is 0.212. The third-order valence-corrected chi connectivity index (χ3v) is 6.18. The number of fused-ring (bicyclic) bond motifs is 1. The molecule has 2 aliphatic rings. The molecule has 0 aliphatic carbocycles. The highest BCUT2D eigenvalue weighted by Gasteiger charge is 2.57. The molecule has 2 fully saturated rings. The van der Waals surface area contributed by atoms with Gasteiger partial charge in [0.05, 0.1) is 11.9 Å². The largest absolute Gasteiger partial charge is 0.355 e. The highest BCUT2D eigenvalue weighted by Crippen LogP contribution is 2.52. The minimum Gasteiger partial charge on any atom is -0.355 e. The summed E-state index contributed by atoms with van der Waals surface area (Å²) in [5.74, 6) is 4.34. The number of rotatable bonds is 5. The third kappa shape index (κ3) is 3.26. The zero-order valence-electron chi connectivity index (χ0n) is 16.3. The lowest BCUT2D eigenvalue weighted by atomic mass is 9.71. The van der Waals surface area contributed by atoms with E-state index in [1.54, 1.807) is 10.9 Å². The molecule has 2 aliphatic heterocycles. The molecule has 0 aromatic carbocycles. The van der Waals surface area contributed by atoms with Crippen molar-refractivity contribution >= 4 is 17.5 Å². The Balaban J connectivity index is 1.48. The summed E-state index contributed by atoms with van der Waals surface area (Å²) < 4.78 is 1.75. The lowest BCUT2D eigenvalue weighted by Crippen LogP contribution is -2.34. The van der Waals surface area contributed by atoms with Crippen molar-refractivity contribution in [1.82, 2.24) is 24.6 Å². The second-order valence-corrected chi connectivity index (χ2v) is 8.41. The second-order valence-electron chi connectivity index (χ2n) is 8.41. The quantitative estimate of drug-likeness (QED) is 0.819. The normalized spacial score (nSPS) is 27.6. The fourth-order valence-corrected chi connectivity index (χ4v) is 4.55. The van der Waals surface area contributed by atoms with Crippen molar-refractivity contribution in [2.24, 2.45) is 17.9 Å². The summed E-state index contributed by atoms with van der Waals surface area (Å²) in [6.07, 6.45) is 11.8. The van der Waals surface area contributed by atoms with Gasteiger partial charge in [0.1, 0.15) is 5.82 Å². The molecule has 7 nitrogen and oxygen atoms in total. The summed E-state index contributed by atoms with van der Waals surface area (Å²) in [4.78, 5) is 14.0. The predicted octanol–water partition coefficient (Wildman–Crippen LogP) is 2.13. The molecule has 0 unspecified atom stereocenters. The molecule has 2 aromatic heterocycles. The molecule has 2 aromatic rings. The molecule has 4 rings (SSSR count). The highest BCUT2D eigenvalue weighted by molar-refractivity contribution is 5.53. The maximum Gasteiger partial charge on any atom is 0.229 e. The minimum atomic E-state index is 0.240. The van der Waals surface area contributed by atoms with E-state index in [2.05, 4.69) is 45.0 Å². The second kappa shape index (κ2) is 6.54. The van der Waals surface area contributed by atoms with E-state index in [0.717, 1.165) is 50.6 Å². The van der Waals surface area contributed by atoms with Gasteiger partial charge < -0.3 is 15.1 Å². The van der Waals surface area contributed by atoms with Gasteiger partial charge >= 0.3 is 0 Å². The topological polar surface area (TPSA) is 62.1 Å². The third-order valence-electron chi connectivity index (χ3n) is 6.18. The molecule has 7 heteroatoms. The summed E-state index contributed by atoms with van der Waals surface area (Å²) in [6, 6.07) is 2.00. The Kier molecular flexibility index (Phi) is 4.31. The Bertz CT molecular complexity index is 849. The minimum absolute atomic E-state index is 0.240. The van der Waals surface area contributed by atoms with Crippen molar-refractivity contribution in [3.63, 3.8) is 0 Å². The number of hydrogen-bond acceptors (Lipinski definition) is 6. The van der Waals surface area contributed by atoms with Crippen LogP contribution in [0.1, 0.15) is 20.3 Å². The summed E-state index contributed by atoms with van der Waals surface area (Å²) in [7, 11) is 1.89. The highest BCUT2D eigenvalue weighted by atomic mass is 15.3. The Morgan fingerprint density at radius 2 is 1.96 bits per heavy atom. The Hall–Kier alpha value is -2.59. The average Bonchev–Trinajstić information content (AvgIpc) is 3.21. The van der Waals surface area contributed by atoms with Crippen LogP contribution in [0.25, 0.3) is 0 Å². The Morgan fingerprint density at radius 3 is 2.59 bits per heavy atom. The van der Waals surface area contributed by atoms with Gasteiger partial charge in [-0.25, -0.2) is 4.98 Å². The molecule has 4 heterocycles. The van der Waals surface area contributed by atoms with E-state index in [4.69, 9.17) is 11.4 Å². The van der Waals surface area contributed by atoms with Crippen LogP contribution >= 0.6 is 0 Å². The van der Waals surface area contributed by atoms with E-state index in [-0.39, 0.29) is 10.8 Å². The average molecular weight is 365 g/mol. The van der Waals surface area contributed by atoms with Crippen LogP contribution in [-0.4, -0.2) is 57.4 Å². The maximum atomic E-state index is 5.45. The first-order valence-electron chi connectivity index (χ1n) is 9.40. The van der Waals surface area contributed by atoms with Crippen LogP contribution in [0.3, 0.4) is 0 Å². The van der Waals surface area contributed by atoms with Crippen LogP contribution in [0, 0.1) is 23.2 Å². The SMILES string of the molecule is C#CCCN1C[C@@]2(C)CN(c3ccnc(Nc4cnn(C)c4)n3)C[C@@]2(C)C1. The van der Waals surface area contributed by atoms with Crippen molar-refractivity contribution in [2.75, 3.05) is 42.9 Å². The molecule has 0 amide bonds. The first-order chi connectivity index (χ1) is 12.9. The number of nitrogens with zero attached hydrogens (tertiary/aromatic N) is 6. The molecule has 2 atom stereocenters. The van der Waals surface area contributed by atoms with Gasteiger partial charge in [-0.3, -0.25) is 4.68 Å². The van der Waals surface area contributed by atoms with Gasteiger partial charge in [0.15, 0.2) is 0 Å². The summed E-state index contributed by atoms with van der Waals surface area (Å²) in [5.41, 5.74) is 1.36. The zero-order valence-corrected chi connectivity index (χ0v) is 16.3. The number of nitrogens with one attached hydrogen (secondary N) is 1. The van der Waals surface area contributed by atoms with Gasteiger partial charge in [-0.15, -0.1) is 12.3 Å². The molecule has 2 saturated heterocycles. The molecule has 0 radical (unpaired) electrons. The Labute approximate surface area is 160 Å². The number of aryl methyl sites for hydroxylation is 1. The van der Waals surface area contributed by atoms with Crippen molar-refractivity contribution in [2.45, 2.75) is 20.3 Å².